The first kappa shape index (κ1) is 17.3. The Morgan fingerprint density at radius 1 is 0.750 bits per heavy atom. The molecule has 118 valence electrons. The molecule has 3 nitrogen and oxygen atoms in total. The van der Waals surface area contributed by atoms with Crippen LogP contribution in [0, 0.1) is 5.41 Å². The molecule has 1 saturated heterocycles. The van der Waals surface area contributed by atoms with Crippen LogP contribution in [0.4, 0.5) is 0 Å². The molecule has 1 rings (SSSR count). The van der Waals surface area contributed by atoms with Gasteiger partial charge < -0.3 is 9.80 Å². The number of nitrogens with zero attached hydrogens (tertiary/aromatic N) is 2. The monoisotopic (exact) mass is 281 g/mol. The Bertz CT molecular complexity index is 253. The van der Waals surface area contributed by atoms with Gasteiger partial charge >= 0.3 is 0 Å². The molecule has 0 amide bonds. The SMILES string of the molecule is CCCCCCCCCCCCN1CCN(CC)C1=N. The first-order valence-corrected chi connectivity index (χ1v) is 8.88. The highest BCUT2D eigenvalue weighted by atomic mass is 15.4. The second-order valence-electron chi connectivity index (χ2n) is 6.07. The summed E-state index contributed by atoms with van der Waals surface area (Å²) < 4.78 is 0. The lowest BCUT2D eigenvalue weighted by Gasteiger charge is -2.20. The van der Waals surface area contributed by atoms with Crippen LogP contribution < -0.4 is 0 Å². The van der Waals surface area contributed by atoms with Gasteiger partial charge in [0.25, 0.3) is 0 Å². The number of guanidine groups is 1. The maximum atomic E-state index is 8.04. The molecule has 0 saturated carbocycles. The van der Waals surface area contributed by atoms with E-state index in [2.05, 4.69) is 23.6 Å². The maximum absolute atomic E-state index is 8.04. The van der Waals surface area contributed by atoms with Crippen LogP contribution in [-0.4, -0.2) is 41.9 Å². The van der Waals surface area contributed by atoms with Gasteiger partial charge in [-0.1, -0.05) is 64.7 Å². The summed E-state index contributed by atoms with van der Waals surface area (Å²) in [5, 5.41) is 8.04. The fourth-order valence-electron chi connectivity index (χ4n) is 2.97. The molecular weight excluding hydrogens is 246 g/mol. The molecule has 1 aliphatic heterocycles. The number of unbranched alkanes of at least 4 members (excludes halogenated alkanes) is 9. The average Bonchev–Trinajstić information content (AvgIpc) is 2.81. The molecule has 1 fully saturated rings. The molecule has 0 atom stereocenters. The Balaban J connectivity index is 1.87. The summed E-state index contributed by atoms with van der Waals surface area (Å²) in [6, 6.07) is 0. The number of hydrogen-bond donors (Lipinski definition) is 1. The fraction of sp³-hybridized carbons (Fsp3) is 0.941. The van der Waals surface area contributed by atoms with Gasteiger partial charge in [-0.2, -0.15) is 0 Å². The standard InChI is InChI=1S/C17H35N3/c1-3-5-6-7-8-9-10-11-12-13-14-20-16-15-19(4-2)17(20)18/h18H,3-16H2,1-2H3. The highest BCUT2D eigenvalue weighted by Crippen LogP contribution is 2.12. The maximum Gasteiger partial charge on any atom is 0.193 e. The molecule has 0 unspecified atom stereocenters. The molecule has 0 aliphatic carbocycles. The lowest BCUT2D eigenvalue weighted by molar-refractivity contribution is 0.431. The van der Waals surface area contributed by atoms with Gasteiger partial charge in [0, 0.05) is 26.2 Å². The van der Waals surface area contributed by atoms with Crippen molar-refractivity contribution >= 4 is 5.96 Å². The lowest BCUT2D eigenvalue weighted by Crippen LogP contribution is -2.33. The third-order valence-corrected chi connectivity index (χ3v) is 4.40. The summed E-state index contributed by atoms with van der Waals surface area (Å²) in [7, 11) is 0. The van der Waals surface area contributed by atoms with E-state index in [1.165, 1.54) is 64.2 Å². The molecule has 1 heterocycles. The van der Waals surface area contributed by atoms with Crippen molar-refractivity contribution in [3.05, 3.63) is 0 Å². The minimum absolute atomic E-state index is 0.753. The predicted octanol–water partition coefficient (Wildman–Crippen LogP) is 4.48. The van der Waals surface area contributed by atoms with Crippen LogP contribution in [0.15, 0.2) is 0 Å². The van der Waals surface area contributed by atoms with Crippen molar-refractivity contribution in [2.45, 2.75) is 78.1 Å². The minimum atomic E-state index is 0.753. The average molecular weight is 281 g/mol. The second-order valence-corrected chi connectivity index (χ2v) is 6.07. The molecule has 1 N–H and O–H groups in total. The molecule has 0 aromatic carbocycles. The summed E-state index contributed by atoms with van der Waals surface area (Å²) in [4.78, 5) is 4.41. The van der Waals surface area contributed by atoms with Crippen LogP contribution in [0.5, 0.6) is 0 Å². The van der Waals surface area contributed by atoms with Gasteiger partial charge in [-0.3, -0.25) is 5.41 Å². The number of rotatable bonds is 12. The molecular formula is C17H35N3. The van der Waals surface area contributed by atoms with Crippen molar-refractivity contribution in [3.63, 3.8) is 0 Å². The van der Waals surface area contributed by atoms with Crippen LogP contribution >= 0.6 is 0 Å². The van der Waals surface area contributed by atoms with Gasteiger partial charge in [0.2, 0.25) is 0 Å². The van der Waals surface area contributed by atoms with Gasteiger partial charge in [0.1, 0.15) is 0 Å². The van der Waals surface area contributed by atoms with E-state index in [0.717, 1.165) is 32.1 Å². The quantitative estimate of drug-likeness (QED) is 0.535. The van der Waals surface area contributed by atoms with Gasteiger partial charge in [0.05, 0.1) is 0 Å². The van der Waals surface area contributed by atoms with Crippen molar-refractivity contribution in [2.75, 3.05) is 26.2 Å². The second kappa shape index (κ2) is 11.0. The van der Waals surface area contributed by atoms with Crippen molar-refractivity contribution in [3.8, 4) is 0 Å². The van der Waals surface area contributed by atoms with E-state index in [1.807, 2.05) is 0 Å². The minimum Gasteiger partial charge on any atom is -0.342 e. The fourth-order valence-corrected chi connectivity index (χ4v) is 2.97. The molecule has 0 radical (unpaired) electrons. The normalized spacial score (nSPS) is 15.4. The highest BCUT2D eigenvalue weighted by Gasteiger charge is 2.22. The number of hydrogen-bond acceptors (Lipinski definition) is 1. The van der Waals surface area contributed by atoms with Crippen molar-refractivity contribution in [1.29, 1.82) is 5.41 Å². The van der Waals surface area contributed by atoms with Gasteiger partial charge in [-0.05, 0) is 13.3 Å². The van der Waals surface area contributed by atoms with Crippen LogP contribution in [0.1, 0.15) is 78.1 Å². The van der Waals surface area contributed by atoms with Crippen LogP contribution in [-0.2, 0) is 0 Å². The zero-order valence-electron chi connectivity index (χ0n) is 13.8. The number of likely N-dealkylation sites (N-methyl/N-ethyl adjacent to an activating group) is 1. The summed E-state index contributed by atoms with van der Waals surface area (Å²) in [6.45, 7) is 8.59. The van der Waals surface area contributed by atoms with Crippen LogP contribution in [0.3, 0.4) is 0 Å². The molecule has 3 heteroatoms. The first-order chi connectivity index (χ1) is 9.79. The molecule has 1 aliphatic rings. The van der Waals surface area contributed by atoms with E-state index >= 15 is 0 Å². The van der Waals surface area contributed by atoms with E-state index in [4.69, 9.17) is 5.41 Å². The topological polar surface area (TPSA) is 30.3 Å². The van der Waals surface area contributed by atoms with Crippen molar-refractivity contribution < 1.29 is 0 Å². The largest absolute Gasteiger partial charge is 0.342 e. The van der Waals surface area contributed by atoms with Gasteiger partial charge in [-0.25, -0.2) is 0 Å². The van der Waals surface area contributed by atoms with Crippen molar-refractivity contribution in [1.82, 2.24) is 9.80 Å². The van der Waals surface area contributed by atoms with E-state index in [0.29, 0.717) is 0 Å². The summed E-state index contributed by atoms with van der Waals surface area (Å²) in [5.41, 5.74) is 0. The highest BCUT2D eigenvalue weighted by molar-refractivity contribution is 5.78. The zero-order valence-corrected chi connectivity index (χ0v) is 13.8. The zero-order chi connectivity index (χ0) is 14.6. The molecule has 0 aromatic rings. The molecule has 20 heavy (non-hydrogen) atoms. The third-order valence-electron chi connectivity index (χ3n) is 4.40. The molecule has 0 bridgehead atoms. The smallest absolute Gasteiger partial charge is 0.193 e. The first-order valence-electron chi connectivity index (χ1n) is 8.88. The van der Waals surface area contributed by atoms with E-state index in [9.17, 15) is 0 Å². The summed E-state index contributed by atoms with van der Waals surface area (Å²) in [6.07, 6.45) is 13.9. The predicted molar refractivity (Wildman–Crippen MR) is 88.4 cm³/mol. The Kier molecular flexibility index (Phi) is 9.52. The summed E-state index contributed by atoms with van der Waals surface area (Å²) >= 11 is 0. The Morgan fingerprint density at radius 2 is 1.25 bits per heavy atom. The Labute approximate surface area is 126 Å². The Hall–Kier alpha value is -0.730. The number of nitrogens with one attached hydrogen (secondary N) is 1. The van der Waals surface area contributed by atoms with Gasteiger partial charge in [-0.15, -0.1) is 0 Å². The van der Waals surface area contributed by atoms with Gasteiger partial charge in [0.15, 0.2) is 5.96 Å². The van der Waals surface area contributed by atoms with E-state index in [1.54, 1.807) is 0 Å². The summed E-state index contributed by atoms with van der Waals surface area (Å²) in [5.74, 6) is 0.753. The Morgan fingerprint density at radius 3 is 1.75 bits per heavy atom. The molecule has 0 aromatic heterocycles. The lowest BCUT2D eigenvalue weighted by atomic mass is 10.1. The van der Waals surface area contributed by atoms with E-state index < -0.39 is 0 Å². The van der Waals surface area contributed by atoms with Crippen molar-refractivity contribution in [2.24, 2.45) is 0 Å². The third kappa shape index (κ3) is 6.62. The van der Waals surface area contributed by atoms with E-state index in [-0.39, 0.29) is 0 Å². The molecule has 0 spiro atoms. The van der Waals surface area contributed by atoms with Crippen LogP contribution in [0.2, 0.25) is 0 Å². The van der Waals surface area contributed by atoms with Crippen LogP contribution in [0.25, 0.3) is 0 Å².